The number of fused-ring (bicyclic) bond motifs is 1. The van der Waals surface area contributed by atoms with Gasteiger partial charge in [-0.25, -0.2) is 4.39 Å². The molecule has 0 saturated heterocycles. The van der Waals surface area contributed by atoms with Gasteiger partial charge in [0.15, 0.2) is 0 Å². The molecule has 20 heavy (non-hydrogen) atoms. The largest absolute Gasteiger partial charge is 0.481 e. The minimum Gasteiger partial charge on any atom is -0.481 e. The van der Waals surface area contributed by atoms with Crippen LogP contribution in [0.15, 0.2) is 36.4 Å². The van der Waals surface area contributed by atoms with Crippen LogP contribution in [0.1, 0.15) is 17.3 Å². The van der Waals surface area contributed by atoms with Gasteiger partial charge in [0.1, 0.15) is 5.82 Å². The predicted octanol–water partition coefficient (Wildman–Crippen LogP) is 2.43. The zero-order valence-electron chi connectivity index (χ0n) is 10.9. The second kappa shape index (κ2) is 5.69. The fourth-order valence-electron chi connectivity index (χ4n) is 1.89. The van der Waals surface area contributed by atoms with Gasteiger partial charge in [-0.2, -0.15) is 0 Å². The molecule has 0 saturated carbocycles. The first-order valence-electron chi connectivity index (χ1n) is 6.19. The lowest BCUT2D eigenvalue weighted by Crippen LogP contribution is -2.31. The zero-order chi connectivity index (χ0) is 14.7. The molecule has 2 rings (SSSR count). The van der Waals surface area contributed by atoms with Crippen LogP contribution in [0, 0.1) is 11.7 Å². The molecule has 2 aromatic rings. The van der Waals surface area contributed by atoms with E-state index in [-0.39, 0.29) is 6.54 Å². The predicted molar refractivity (Wildman–Crippen MR) is 73.0 cm³/mol. The fraction of sp³-hybridized carbons (Fsp3) is 0.200. The van der Waals surface area contributed by atoms with Crippen LogP contribution in [-0.2, 0) is 4.79 Å². The molecule has 2 aromatic carbocycles. The van der Waals surface area contributed by atoms with E-state index in [0.717, 1.165) is 0 Å². The van der Waals surface area contributed by atoms with Crippen molar-refractivity contribution >= 4 is 22.6 Å². The van der Waals surface area contributed by atoms with E-state index in [1.807, 2.05) is 0 Å². The SMILES string of the molecule is CC(CNC(=O)c1ccc(F)c2ccccc12)C(=O)O. The summed E-state index contributed by atoms with van der Waals surface area (Å²) in [4.78, 5) is 22.8. The molecule has 1 atom stereocenters. The Morgan fingerprint density at radius 2 is 1.85 bits per heavy atom. The number of halogens is 1. The van der Waals surface area contributed by atoms with Crippen LogP contribution in [0.25, 0.3) is 10.8 Å². The highest BCUT2D eigenvalue weighted by Gasteiger charge is 2.15. The molecule has 2 N–H and O–H groups in total. The Labute approximate surface area is 115 Å². The van der Waals surface area contributed by atoms with Gasteiger partial charge in [0.2, 0.25) is 0 Å². The van der Waals surface area contributed by atoms with E-state index in [1.54, 1.807) is 24.3 Å². The molecule has 0 fully saturated rings. The Hall–Kier alpha value is -2.43. The molecule has 5 heteroatoms. The van der Waals surface area contributed by atoms with Crippen molar-refractivity contribution in [2.45, 2.75) is 6.92 Å². The molecule has 0 aliphatic rings. The minimum atomic E-state index is -0.978. The zero-order valence-corrected chi connectivity index (χ0v) is 10.9. The molecular formula is C15H14FNO3. The first-order chi connectivity index (χ1) is 9.50. The van der Waals surface area contributed by atoms with Gasteiger partial charge in [0, 0.05) is 17.5 Å². The van der Waals surface area contributed by atoms with E-state index in [2.05, 4.69) is 5.32 Å². The van der Waals surface area contributed by atoms with Gasteiger partial charge in [0.25, 0.3) is 5.91 Å². The van der Waals surface area contributed by atoms with Gasteiger partial charge >= 0.3 is 5.97 Å². The number of rotatable bonds is 4. The molecule has 0 bridgehead atoms. The lowest BCUT2D eigenvalue weighted by atomic mass is 10.0. The Balaban J connectivity index is 2.27. The summed E-state index contributed by atoms with van der Waals surface area (Å²) in [6.45, 7) is 1.53. The van der Waals surface area contributed by atoms with Crippen LogP contribution in [0.3, 0.4) is 0 Å². The van der Waals surface area contributed by atoms with Gasteiger partial charge in [-0.15, -0.1) is 0 Å². The monoisotopic (exact) mass is 275 g/mol. The maximum atomic E-state index is 13.6. The lowest BCUT2D eigenvalue weighted by molar-refractivity contribution is -0.140. The van der Waals surface area contributed by atoms with E-state index in [0.29, 0.717) is 16.3 Å². The number of carbonyl (C=O) groups is 2. The summed E-state index contributed by atoms with van der Waals surface area (Å²) >= 11 is 0. The Kier molecular flexibility index (Phi) is 3.98. The maximum absolute atomic E-state index is 13.6. The molecule has 0 heterocycles. The molecule has 1 unspecified atom stereocenters. The number of amides is 1. The topological polar surface area (TPSA) is 66.4 Å². The number of nitrogens with one attached hydrogen (secondary N) is 1. The van der Waals surface area contributed by atoms with Crippen molar-refractivity contribution in [2.75, 3.05) is 6.54 Å². The van der Waals surface area contributed by atoms with Crippen molar-refractivity contribution in [2.24, 2.45) is 5.92 Å². The summed E-state index contributed by atoms with van der Waals surface area (Å²) in [5.74, 6) is -2.45. The normalized spacial score (nSPS) is 12.1. The van der Waals surface area contributed by atoms with E-state index in [1.165, 1.54) is 19.1 Å². The summed E-state index contributed by atoms with van der Waals surface area (Å²) in [5.41, 5.74) is 0.333. The van der Waals surface area contributed by atoms with Gasteiger partial charge in [-0.3, -0.25) is 9.59 Å². The van der Waals surface area contributed by atoms with E-state index in [4.69, 9.17) is 5.11 Å². The number of hydrogen-bond acceptors (Lipinski definition) is 2. The van der Waals surface area contributed by atoms with Crippen molar-refractivity contribution in [1.82, 2.24) is 5.32 Å². The molecule has 0 aromatic heterocycles. The van der Waals surface area contributed by atoms with Crippen LogP contribution in [0.2, 0.25) is 0 Å². The van der Waals surface area contributed by atoms with Gasteiger partial charge in [0.05, 0.1) is 5.92 Å². The van der Waals surface area contributed by atoms with Crippen LogP contribution < -0.4 is 5.32 Å². The van der Waals surface area contributed by atoms with Crippen LogP contribution >= 0.6 is 0 Å². The van der Waals surface area contributed by atoms with Gasteiger partial charge in [-0.1, -0.05) is 31.2 Å². The Morgan fingerprint density at radius 3 is 2.50 bits per heavy atom. The van der Waals surface area contributed by atoms with Crippen molar-refractivity contribution < 1.29 is 19.1 Å². The van der Waals surface area contributed by atoms with Gasteiger partial charge < -0.3 is 10.4 Å². The summed E-state index contributed by atoms with van der Waals surface area (Å²) in [6, 6.07) is 9.31. The van der Waals surface area contributed by atoms with Crippen molar-refractivity contribution in [3.8, 4) is 0 Å². The molecule has 0 spiro atoms. The maximum Gasteiger partial charge on any atom is 0.308 e. The fourth-order valence-corrected chi connectivity index (χ4v) is 1.89. The number of benzene rings is 2. The highest BCUT2D eigenvalue weighted by molar-refractivity contribution is 6.07. The standard InChI is InChI=1S/C15H14FNO3/c1-9(15(19)20)8-17-14(18)12-6-7-13(16)11-5-3-2-4-10(11)12/h2-7,9H,8H2,1H3,(H,17,18)(H,19,20). The van der Waals surface area contributed by atoms with Gasteiger partial charge in [-0.05, 0) is 17.5 Å². The third-order valence-electron chi connectivity index (χ3n) is 3.11. The summed E-state index contributed by atoms with van der Waals surface area (Å²) in [5, 5.41) is 12.2. The van der Waals surface area contributed by atoms with Crippen molar-refractivity contribution in [3.63, 3.8) is 0 Å². The minimum absolute atomic E-state index is 0.0276. The number of aliphatic carboxylic acids is 1. The molecule has 104 valence electrons. The summed E-state index contributed by atoms with van der Waals surface area (Å²) in [7, 11) is 0. The van der Waals surface area contributed by atoms with Crippen LogP contribution in [0.5, 0.6) is 0 Å². The number of carbonyl (C=O) groups excluding carboxylic acids is 1. The average Bonchev–Trinajstić information content (AvgIpc) is 2.45. The number of carboxylic acids is 1. The molecular weight excluding hydrogens is 261 g/mol. The highest BCUT2D eigenvalue weighted by Crippen LogP contribution is 2.21. The van der Waals surface area contributed by atoms with E-state index in [9.17, 15) is 14.0 Å². The van der Waals surface area contributed by atoms with Crippen LogP contribution in [-0.4, -0.2) is 23.5 Å². The molecule has 1 amide bonds. The van der Waals surface area contributed by atoms with Crippen molar-refractivity contribution in [3.05, 3.63) is 47.8 Å². The Morgan fingerprint density at radius 1 is 1.20 bits per heavy atom. The average molecular weight is 275 g/mol. The van der Waals surface area contributed by atoms with E-state index < -0.39 is 23.6 Å². The molecule has 0 aliphatic carbocycles. The first kappa shape index (κ1) is 14.0. The highest BCUT2D eigenvalue weighted by atomic mass is 19.1. The molecule has 0 radical (unpaired) electrons. The second-order valence-corrected chi connectivity index (χ2v) is 4.59. The third kappa shape index (κ3) is 2.77. The molecule has 0 aliphatic heterocycles. The quantitative estimate of drug-likeness (QED) is 0.900. The Bertz CT molecular complexity index is 669. The molecule has 4 nitrogen and oxygen atoms in total. The van der Waals surface area contributed by atoms with Crippen molar-refractivity contribution in [1.29, 1.82) is 0 Å². The smallest absolute Gasteiger partial charge is 0.308 e. The lowest BCUT2D eigenvalue weighted by Gasteiger charge is -2.10. The third-order valence-corrected chi connectivity index (χ3v) is 3.11. The second-order valence-electron chi connectivity index (χ2n) is 4.59. The number of hydrogen-bond donors (Lipinski definition) is 2. The number of carboxylic acid groups (broad SMARTS) is 1. The van der Waals surface area contributed by atoms with E-state index >= 15 is 0 Å². The summed E-state index contributed by atoms with van der Waals surface area (Å²) in [6.07, 6.45) is 0. The first-order valence-corrected chi connectivity index (χ1v) is 6.19. The summed E-state index contributed by atoms with van der Waals surface area (Å²) < 4.78 is 13.6. The van der Waals surface area contributed by atoms with Crippen LogP contribution in [0.4, 0.5) is 4.39 Å².